The summed E-state index contributed by atoms with van der Waals surface area (Å²) in [5.41, 5.74) is 1.69. The van der Waals surface area contributed by atoms with E-state index in [0.717, 1.165) is 32.1 Å². The molecule has 2 fully saturated rings. The lowest BCUT2D eigenvalue weighted by Crippen LogP contribution is -2.55. The SMILES string of the molecule is C=C1C(=O)O[C@H]2C/C(C)=C/CCC3(C)OC(C)(CC[C@@H]3I)[C@@H](I)C[C@@H]12. The van der Waals surface area contributed by atoms with Crippen LogP contribution in [-0.2, 0) is 14.3 Å². The lowest BCUT2D eigenvalue weighted by molar-refractivity contribution is -0.169. The van der Waals surface area contributed by atoms with Crippen LogP contribution in [0.25, 0.3) is 0 Å². The molecule has 0 aromatic rings. The molecule has 0 aliphatic carbocycles. The van der Waals surface area contributed by atoms with Gasteiger partial charge in [0.2, 0.25) is 0 Å². The van der Waals surface area contributed by atoms with Gasteiger partial charge in [0.15, 0.2) is 0 Å². The van der Waals surface area contributed by atoms with E-state index in [0.29, 0.717) is 13.4 Å². The van der Waals surface area contributed by atoms with E-state index in [9.17, 15) is 4.79 Å². The molecule has 140 valence electrons. The van der Waals surface area contributed by atoms with Crippen molar-refractivity contribution in [1.82, 2.24) is 0 Å². The molecule has 5 heteroatoms. The predicted molar refractivity (Wildman–Crippen MR) is 117 cm³/mol. The van der Waals surface area contributed by atoms with Gasteiger partial charge in [-0.1, -0.05) is 63.4 Å². The van der Waals surface area contributed by atoms with Crippen LogP contribution in [0.15, 0.2) is 23.8 Å². The van der Waals surface area contributed by atoms with Gasteiger partial charge in [-0.05, 0) is 52.9 Å². The summed E-state index contributed by atoms with van der Waals surface area (Å²) < 4.78 is 13.3. The maximum Gasteiger partial charge on any atom is 0.334 e. The van der Waals surface area contributed by atoms with E-state index in [1.807, 2.05) is 0 Å². The molecule has 6 atom stereocenters. The van der Waals surface area contributed by atoms with Gasteiger partial charge in [-0.3, -0.25) is 0 Å². The lowest BCUT2D eigenvalue weighted by Gasteiger charge is -2.50. The van der Waals surface area contributed by atoms with Crippen molar-refractivity contribution in [1.29, 1.82) is 0 Å². The fourth-order valence-electron chi connectivity index (χ4n) is 4.42. The van der Waals surface area contributed by atoms with Gasteiger partial charge in [-0.15, -0.1) is 0 Å². The fraction of sp³-hybridized carbons (Fsp3) is 0.750. The predicted octanol–water partition coefficient (Wildman–Crippen LogP) is 5.54. The second-order valence-corrected chi connectivity index (χ2v) is 11.3. The molecule has 3 nitrogen and oxygen atoms in total. The van der Waals surface area contributed by atoms with Crippen LogP contribution in [-0.4, -0.2) is 31.1 Å². The molecular weight excluding hydrogens is 542 g/mol. The van der Waals surface area contributed by atoms with Crippen LogP contribution in [0.5, 0.6) is 0 Å². The number of fused-ring (bicyclic) bond motifs is 3. The van der Waals surface area contributed by atoms with Gasteiger partial charge in [0, 0.05) is 25.8 Å². The highest BCUT2D eigenvalue weighted by molar-refractivity contribution is 14.1. The van der Waals surface area contributed by atoms with E-state index in [-0.39, 0.29) is 29.2 Å². The van der Waals surface area contributed by atoms with Crippen molar-refractivity contribution in [3.8, 4) is 0 Å². The largest absolute Gasteiger partial charge is 0.458 e. The number of hydrogen-bond acceptors (Lipinski definition) is 3. The molecule has 2 saturated heterocycles. The summed E-state index contributed by atoms with van der Waals surface area (Å²) in [5.74, 6) is -0.116. The van der Waals surface area contributed by atoms with Gasteiger partial charge in [-0.2, -0.15) is 0 Å². The van der Waals surface area contributed by atoms with Gasteiger partial charge in [0.05, 0.1) is 11.2 Å². The van der Waals surface area contributed by atoms with Crippen molar-refractivity contribution in [3.05, 3.63) is 23.8 Å². The molecule has 2 bridgehead atoms. The maximum absolute atomic E-state index is 12.1. The zero-order valence-electron chi connectivity index (χ0n) is 15.3. The minimum Gasteiger partial charge on any atom is -0.458 e. The van der Waals surface area contributed by atoms with E-state index in [1.54, 1.807) is 0 Å². The summed E-state index contributed by atoms with van der Waals surface area (Å²) in [4.78, 5) is 12.1. The Labute approximate surface area is 178 Å². The van der Waals surface area contributed by atoms with Crippen LogP contribution in [0.3, 0.4) is 0 Å². The Hall–Kier alpha value is 0.370. The Balaban J connectivity index is 1.93. The van der Waals surface area contributed by atoms with Crippen molar-refractivity contribution >= 4 is 51.2 Å². The molecule has 3 aliphatic rings. The molecule has 3 rings (SSSR count). The molecule has 25 heavy (non-hydrogen) atoms. The van der Waals surface area contributed by atoms with E-state index < -0.39 is 0 Å². The quantitative estimate of drug-likeness (QED) is 0.126. The van der Waals surface area contributed by atoms with Crippen molar-refractivity contribution in [3.63, 3.8) is 0 Å². The van der Waals surface area contributed by atoms with E-state index >= 15 is 0 Å². The molecule has 3 aliphatic heterocycles. The van der Waals surface area contributed by atoms with Crippen LogP contribution in [0, 0.1) is 5.92 Å². The van der Waals surface area contributed by atoms with Crippen LogP contribution in [0.2, 0.25) is 0 Å². The van der Waals surface area contributed by atoms with Crippen LogP contribution >= 0.6 is 45.2 Å². The minimum atomic E-state index is -0.215. The molecule has 0 N–H and O–H groups in total. The van der Waals surface area contributed by atoms with E-state index in [1.165, 1.54) is 12.0 Å². The first-order valence-electron chi connectivity index (χ1n) is 9.18. The molecule has 0 amide bonds. The molecule has 0 radical (unpaired) electrons. The zero-order chi connectivity index (χ0) is 18.4. The Morgan fingerprint density at radius 1 is 1.20 bits per heavy atom. The fourth-order valence-corrected chi connectivity index (χ4v) is 6.16. The summed E-state index contributed by atoms with van der Waals surface area (Å²) in [7, 11) is 0. The highest BCUT2D eigenvalue weighted by Gasteiger charge is 2.50. The molecule has 0 aromatic carbocycles. The third-order valence-corrected chi connectivity index (χ3v) is 9.99. The smallest absolute Gasteiger partial charge is 0.334 e. The average molecular weight is 570 g/mol. The number of alkyl halides is 2. The van der Waals surface area contributed by atoms with Crippen molar-refractivity contribution in [2.24, 2.45) is 5.92 Å². The molecule has 0 saturated carbocycles. The summed E-state index contributed by atoms with van der Waals surface area (Å²) in [6, 6.07) is 0. The third kappa shape index (κ3) is 3.98. The number of halogens is 2. The summed E-state index contributed by atoms with van der Waals surface area (Å²) in [6.45, 7) is 10.7. The minimum absolute atomic E-state index is 0.0659. The topological polar surface area (TPSA) is 35.5 Å². The highest BCUT2D eigenvalue weighted by atomic mass is 127. The summed E-state index contributed by atoms with van der Waals surface area (Å²) in [6.07, 6.45) is 8.25. The van der Waals surface area contributed by atoms with Crippen LogP contribution in [0.4, 0.5) is 0 Å². The second kappa shape index (κ2) is 7.41. The van der Waals surface area contributed by atoms with Gasteiger partial charge in [-0.25, -0.2) is 4.79 Å². The van der Waals surface area contributed by atoms with Crippen LogP contribution in [0.1, 0.15) is 59.3 Å². The van der Waals surface area contributed by atoms with Crippen molar-refractivity contribution in [2.45, 2.75) is 84.5 Å². The van der Waals surface area contributed by atoms with Crippen molar-refractivity contribution in [2.75, 3.05) is 0 Å². The number of hydrogen-bond donors (Lipinski definition) is 0. The lowest BCUT2D eigenvalue weighted by atomic mass is 9.78. The van der Waals surface area contributed by atoms with E-state index in [2.05, 4.69) is 78.6 Å². The monoisotopic (exact) mass is 570 g/mol. The first-order chi connectivity index (χ1) is 11.6. The van der Waals surface area contributed by atoms with Crippen molar-refractivity contribution < 1.29 is 14.3 Å². The van der Waals surface area contributed by atoms with Crippen LogP contribution < -0.4 is 0 Å². The Morgan fingerprint density at radius 3 is 2.60 bits per heavy atom. The Bertz CT molecular complexity index is 602. The molecule has 3 heterocycles. The van der Waals surface area contributed by atoms with Gasteiger partial charge in [0.1, 0.15) is 6.10 Å². The molecular formula is C20H28I2O3. The Morgan fingerprint density at radius 2 is 1.88 bits per heavy atom. The Kier molecular flexibility index (Phi) is 5.96. The highest BCUT2D eigenvalue weighted by Crippen LogP contribution is 2.48. The summed E-state index contributed by atoms with van der Waals surface area (Å²) in [5, 5.41) is 0. The van der Waals surface area contributed by atoms with Gasteiger partial charge < -0.3 is 9.47 Å². The average Bonchev–Trinajstić information content (AvgIpc) is 2.78. The van der Waals surface area contributed by atoms with Gasteiger partial charge >= 0.3 is 5.97 Å². The van der Waals surface area contributed by atoms with Gasteiger partial charge in [0.25, 0.3) is 0 Å². The second-order valence-electron chi connectivity index (χ2n) is 8.31. The first kappa shape index (κ1) is 20.1. The number of esters is 1. The standard InChI is InChI=1S/C20H28I2O3/c1-12-6-5-8-19(3)16(21)7-9-20(4,25-19)17(22)11-14-13(2)18(23)24-15(14)10-12/h6,14-17H,2,5,7-11H2,1,3-4H3/b12-6+/t14-,15-,16-,17-,19?,20?/m0/s1. The third-order valence-electron chi connectivity index (χ3n) is 6.22. The number of carbonyl (C=O) groups is 1. The number of carbonyl (C=O) groups excluding carboxylic acids is 1. The number of ether oxygens (including phenoxy) is 2. The summed E-state index contributed by atoms with van der Waals surface area (Å²) >= 11 is 5.11. The molecule has 2 unspecified atom stereocenters. The van der Waals surface area contributed by atoms with E-state index in [4.69, 9.17) is 9.47 Å². The number of rotatable bonds is 0. The first-order valence-corrected chi connectivity index (χ1v) is 11.7. The molecule has 0 aromatic heterocycles. The normalized spacial score (nSPS) is 47.8. The molecule has 0 spiro atoms. The zero-order valence-corrected chi connectivity index (χ0v) is 19.6. The number of allylic oxidation sites excluding steroid dienone is 1. The maximum atomic E-state index is 12.1.